The van der Waals surface area contributed by atoms with Crippen molar-refractivity contribution >= 4 is 17.5 Å². The molecule has 1 atom stereocenters. The smallest absolute Gasteiger partial charge is 0.263 e. The van der Waals surface area contributed by atoms with E-state index >= 15 is 0 Å². The Morgan fingerprint density at radius 3 is 2.40 bits per heavy atom. The van der Waals surface area contributed by atoms with Gasteiger partial charge in [0.05, 0.1) is 21.3 Å². The second kappa shape index (κ2) is 10.4. The SMILES string of the molecule is COc1cc(OC)cc(C(=O)Nc2ccc3c(c2)CN(Cc2ccccc2OC)C(=O)C(C)O3)c1. The minimum atomic E-state index is -0.643. The lowest BCUT2D eigenvalue weighted by Crippen LogP contribution is -2.37. The molecule has 1 heterocycles. The number of carbonyl (C=O) groups is 2. The predicted octanol–water partition coefficient (Wildman–Crippen LogP) is 4.27. The Morgan fingerprint density at radius 2 is 1.71 bits per heavy atom. The minimum absolute atomic E-state index is 0.124. The van der Waals surface area contributed by atoms with Crippen molar-refractivity contribution in [2.45, 2.75) is 26.1 Å². The third-order valence-corrected chi connectivity index (χ3v) is 5.81. The van der Waals surface area contributed by atoms with E-state index in [1.165, 1.54) is 14.2 Å². The number of carbonyl (C=O) groups excluding carboxylic acids is 2. The molecule has 0 aliphatic carbocycles. The van der Waals surface area contributed by atoms with Gasteiger partial charge in [-0.3, -0.25) is 9.59 Å². The first-order valence-corrected chi connectivity index (χ1v) is 11.2. The summed E-state index contributed by atoms with van der Waals surface area (Å²) in [6.07, 6.45) is -0.643. The molecule has 1 unspecified atom stereocenters. The number of benzene rings is 3. The number of para-hydroxylation sites is 1. The maximum Gasteiger partial charge on any atom is 0.263 e. The van der Waals surface area contributed by atoms with Gasteiger partial charge in [-0.15, -0.1) is 0 Å². The van der Waals surface area contributed by atoms with Gasteiger partial charge in [0.25, 0.3) is 11.8 Å². The van der Waals surface area contributed by atoms with Crippen LogP contribution in [0.5, 0.6) is 23.0 Å². The van der Waals surface area contributed by atoms with E-state index in [4.69, 9.17) is 18.9 Å². The molecule has 4 rings (SSSR count). The monoisotopic (exact) mass is 476 g/mol. The Labute approximate surface area is 204 Å². The molecular weight excluding hydrogens is 448 g/mol. The van der Waals surface area contributed by atoms with Crippen LogP contribution in [0.1, 0.15) is 28.4 Å². The number of amides is 2. The molecule has 1 aliphatic rings. The number of hydrogen-bond acceptors (Lipinski definition) is 6. The third kappa shape index (κ3) is 5.32. The molecule has 0 bridgehead atoms. The van der Waals surface area contributed by atoms with Crippen molar-refractivity contribution in [3.05, 3.63) is 77.4 Å². The third-order valence-electron chi connectivity index (χ3n) is 5.81. The molecular formula is C27H28N2O6. The number of nitrogens with one attached hydrogen (secondary N) is 1. The summed E-state index contributed by atoms with van der Waals surface area (Å²) in [7, 11) is 4.67. The molecule has 0 spiro atoms. The quantitative estimate of drug-likeness (QED) is 0.548. The molecule has 0 aromatic heterocycles. The van der Waals surface area contributed by atoms with Crippen LogP contribution < -0.4 is 24.3 Å². The molecule has 0 saturated carbocycles. The van der Waals surface area contributed by atoms with E-state index in [0.29, 0.717) is 47.3 Å². The zero-order chi connectivity index (χ0) is 24.9. The first-order chi connectivity index (χ1) is 16.9. The zero-order valence-corrected chi connectivity index (χ0v) is 20.2. The zero-order valence-electron chi connectivity index (χ0n) is 20.2. The lowest BCUT2D eigenvalue weighted by Gasteiger charge is -2.23. The van der Waals surface area contributed by atoms with Gasteiger partial charge in [-0.25, -0.2) is 0 Å². The first kappa shape index (κ1) is 23.9. The van der Waals surface area contributed by atoms with Crippen LogP contribution in [0, 0.1) is 0 Å². The highest BCUT2D eigenvalue weighted by Gasteiger charge is 2.28. The van der Waals surface area contributed by atoms with Crippen LogP contribution >= 0.6 is 0 Å². The highest BCUT2D eigenvalue weighted by atomic mass is 16.5. The Kier molecular flexibility index (Phi) is 7.10. The number of anilines is 1. The minimum Gasteiger partial charge on any atom is -0.497 e. The second-order valence-corrected chi connectivity index (χ2v) is 8.14. The van der Waals surface area contributed by atoms with Crippen molar-refractivity contribution in [2.24, 2.45) is 0 Å². The number of rotatable bonds is 7. The summed E-state index contributed by atoms with van der Waals surface area (Å²) in [5.41, 5.74) is 2.67. The molecule has 35 heavy (non-hydrogen) atoms. The van der Waals surface area contributed by atoms with Gasteiger partial charge in [-0.05, 0) is 43.3 Å². The van der Waals surface area contributed by atoms with E-state index in [1.54, 1.807) is 49.3 Å². The maximum absolute atomic E-state index is 13.1. The topological polar surface area (TPSA) is 86.3 Å². The van der Waals surface area contributed by atoms with Crippen molar-refractivity contribution in [1.29, 1.82) is 0 Å². The normalized spacial score (nSPS) is 14.9. The van der Waals surface area contributed by atoms with Gasteiger partial charge < -0.3 is 29.2 Å². The van der Waals surface area contributed by atoms with Crippen LogP contribution in [-0.4, -0.2) is 44.1 Å². The summed E-state index contributed by atoms with van der Waals surface area (Å²) < 4.78 is 21.9. The van der Waals surface area contributed by atoms with E-state index in [-0.39, 0.29) is 11.8 Å². The number of hydrogen-bond donors (Lipinski definition) is 1. The molecule has 0 saturated heterocycles. The van der Waals surface area contributed by atoms with Crippen LogP contribution in [0.4, 0.5) is 5.69 Å². The highest BCUT2D eigenvalue weighted by Crippen LogP contribution is 2.31. The lowest BCUT2D eigenvalue weighted by molar-refractivity contribution is -0.138. The van der Waals surface area contributed by atoms with Gasteiger partial charge >= 0.3 is 0 Å². The molecule has 0 fully saturated rings. The van der Waals surface area contributed by atoms with Crippen molar-refractivity contribution in [1.82, 2.24) is 4.90 Å². The van der Waals surface area contributed by atoms with Gasteiger partial charge in [-0.2, -0.15) is 0 Å². The fourth-order valence-corrected chi connectivity index (χ4v) is 3.99. The first-order valence-electron chi connectivity index (χ1n) is 11.2. The fraction of sp³-hybridized carbons (Fsp3) is 0.259. The van der Waals surface area contributed by atoms with Crippen molar-refractivity contribution < 1.29 is 28.5 Å². The second-order valence-electron chi connectivity index (χ2n) is 8.14. The molecule has 3 aromatic carbocycles. The number of ether oxygens (including phenoxy) is 4. The fourth-order valence-electron chi connectivity index (χ4n) is 3.99. The number of fused-ring (bicyclic) bond motifs is 1. The van der Waals surface area contributed by atoms with Gasteiger partial charge in [0, 0.05) is 41.5 Å². The van der Waals surface area contributed by atoms with E-state index in [2.05, 4.69) is 5.32 Å². The largest absolute Gasteiger partial charge is 0.497 e. The predicted molar refractivity (Wildman–Crippen MR) is 131 cm³/mol. The molecule has 182 valence electrons. The summed E-state index contributed by atoms with van der Waals surface area (Å²) in [4.78, 5) is 27.7. The van der Waals surface area contributed by atoms with E-state index in [1.807, 2.05) is 30.3 Å². The van der Waals surface area contributed by atoms with Crippen molar-refractivity contribution in [3.63, 3.8) is 0 Å². The van der Waals surface area contributed by atoms with Gasteiger partial charge in [0.1, 0.15) is 23.0 Å². The average Bonchev–Trinajstić information content (AvgIpc) is 2.99. The van der Waals surface area contributed by atoms with Gasteiger partial charge in [0.15, 0.2) is 6.10 Å². The summed E-state index contributed by atoms with van der Waals surface area (Å²) >= 11 is 0. The lowest BCUT2D eigenvalue weighted by atomic mass is 10.1. The standard InChI is InChI=1S/C27H28N2O6/c1-17-27(31)29(15-18-7-5-6-8-24(18)34-4)16-20-11-21(9-10-25(20)35-17)28-26(30)19-12-22(32-2)14-23(13-19)33-3/h5-14,17H,15-16H2,1-4H3,(H,28,30). The average molecular weight is 477 g/mol. The number of methoxy groups -OCH3 is 3. The van der Waals surface area contributed by atoms with Crippen molar-refractivity contribution in [3.8, 4) is 23.0 Å². The maximum atomic E-state index is 13.1. The molecule has 2 amide bonds. The molecule has 8 nitrogen and oxygen atoms in total. The van der Waals surface area contributed by atoms with E-state index < -0.39 is 6.10 Å². The van der Waals surface area contributed by atoms with Gasteiger partial charge in [-0.1, -0.05) is 18.2 Å². The van der Waals surface area contributed by atoms with E-state index in [0.717, 1.165) is 11.1 Å². The molecule has 1 aliphatic heterocycles. The summed E-state index contributed by atoms with van der Waals surface area (Å²) in [6.45, 7) is 2.43. The van der Waals surface area contributed by atoms with Gasteiger partial charge in [0.2, 0.25) is 0 Å². The van der Waals surface area contributed by atoms with E-state index in [9.17, 15) is 9.59 Å². The molecule has 8 heteroatoms. The summed E-state index contributed by atoms with van der Waals surface area (Å²) in [5, 5.41) is 2.91. The van der Waals surface area contributed by atoms with Crippen LogP contribution in [0.2, 0.25) is 0 Å². The summed E-state index contributed by atoms with van der Waals surface area (Å²) in [5.74, 6) is 1.92. The molecule has 0 radical (unpaired) electrons. The Bertz CT molecular complexity index is 1220. The molecule has 3 aromatic rings. The van der Waals surface area contributed by atoms with Crippen LogP contribution in [-0.2, 0) is 17.9 Å². The Hall–Kier alpha value is -4.20. The summed E-state index contributed by atoms with van der Waals surface area (Å²) in [6, 6.07) is 17.9. The van der Waals surface area contributed by atoms with Crippen LogP contribution in [0.15, 0.2) is 60.7 Å². The van der Waals surface area contributed by atoms with Crippen LogP contribution in [0.3, 0.4) is 0 Å². The van der Waals surface area contributed by atoms with Crippen LogP contribution in [0.25, 0.3) is 0 Å². The van der Waals surface area contributed by atoms with Crippen molar-refractivity contribution in [2.75, 3.05) is 26.6 Å². The molecule has 1 N–H and O–H groups in total. The highest BCUT2D eigenvalue weighted by molar-refractivity contribution is 6.05. The number of nitrogens with zero attached hydrogens (tertiary/aromatic N) is 1. The Morgan fingerprint density at radius 1 is 1.00 bits per heavy atom. The Balaban J connectivity index is 1.58.